The van der Waals surface area contributed by atoms with Crippen molar-refractivity contribution in [2.24, 2.45) is 0 Å². The van der Waals surface area contributed by atoms with Crippen molar-refractivity contribution < 1.29 is 14.3 Å². The second kappa shape index (κ2) is 6.38. The molecule has 0 N–H and O–H groups in total. The summed E-state index contributed by atoms with van der Waals surface area (Å²) in [6.45, 7) is 8.83. The van der Waals surface area contributed by atoms with Gasteiger partial charge in [0.05, 0.1) is 7.11 Å². The molecule has 1 aliphatic rings. The topological polar surface area (TPSA) is 51.7 Å². The number of carbonyl (C=O) groups is 1. The van der Waals surface area contributed by atoms with E-state index in [1.54, 1.807) is 12.0 Å². The molecule has 0 unspecified atom stereocenters. The Morgan fingerprint density at radius 1 is 1.32 bits per heavy atom. The van der Waals surface area contributed by atoms with Crippen molar-refractivity contribution >= 4 is 11.7 Å². The zero-order valence-corrected chi connectivity index (χ0v) is 14.0. The van der Waals surface area contributed by atoms with E-state index in [1.165, 1.54) is 5.57 Å². The van der Waals surface area contributed by atoms with E-state index < -0.39 is 5.60 Å². The fourth-order valence-electron chi connectivity index (χ4n) is 2.40. The number of hydrogen-bond acceptors (Lipinski definition) is 4. The molecule has 5 heteroatoms. The quantitative estimate of drug-likeness (QED) is 0.840. The van der Waals surface area contributed by atoms with Crippen LogP contribution in [-0.4, -0.2) is 41.8 Å². The lowest BCUT2D eigenvalue weighted by Gasteiger charge is -2.29. The predicted octanol–water partition coefficient (Wildman–Crippen LogP) is 3.42. The van der Waals surface area contributed by atoms with E-state index in [0.29, 0.717) is 19.0 Å². The van der Waals surface area contributed by atoms with Crippen LogP contribution in [0.2, 0.25) is 0 Å². The number of carbonyl (C=O) groups excluding carboxylic acids is 1. The number of methoxy groups -OCH3 is 1. The van der Waals surface area contributed by atoms with E-state index in [4.69, 9.17) is 9.47 Å². The summed E-state index contributed by atoms with van der Waals surface area (Å²) in [6.07, 6.45) is 2.62. The van der Waals surface area contributed by atoms with Gasteiger partial charge in [-0.05, 0) is 51.3 Å². The zero-order chi connectivity index (χ0) is 16.3. The molecule has 0 saturated heterocycles. The number of pyridine rings is 1. The van der Waals surface area contributed by atoms with Crippen molar-refractivity contribution in [3.63, 3.8) is 0 Å². The molecule has 1 aromatic heterocycles. The van der Waals surface area contributed by atoms with E-state index >= 15 is 0 Å². The molecular weight excluding hydrogens is 280 g/mol. The molecule has 0 saturated carbocycles. The van der Waals surface area contributed by atoms with Gasteiger partial charge in [0.15, 0.2) is 0 Å². The first kappa shape index (κ1) is 16.3. The molecule has 120 valence electrons. The lowest BCUT2D eigenvalue weighted by molar-refractivity contribution is 0.0270. The number of ether oxygens (including phenoxy) is 2. The van der Waals surface area contributed by atoms with Crippen LogP contribution < -0.4 is 4.74 Å². The van der Waals surface area contributed by atoms with Crippen LogP contribution in [0.15, 0.2) is 18.2 Å². The highest BCUT2D eigenvalue weighted by Crippen LogP contribution is 2.26. The Morgan fingerprint density at radius 2 is 2.05 bits per heavy atom. The summed E-state index contributed by atoms with van der Waals surface area (Å²) in [5, 5.41) is 0. The van der Waals surface area contributed by atoms with Crippen molar-refractivity contribution in [1.29, 1.82) is 0 Å². The molecule has 1 aromatic rings. The average Bonchev–Trinajstić information content (AvgIpc) is 2.45. The van der Waals surface area contributed by atoms with E-state index in [2.05, 4.69) is 11.1 Å². The molecule has 0 aliphatic carbocycles. The normalized spacial score (nSPS) is 15.3. The summed E-state index contributed by atoms with van der Waals surface area (Å²) in [7, 11) is 1.61. The number of aromatic nitrogens is 1. The van der Waals surface area contributed by atoms with Gasteiger partial charge in [-0.15, -0.1) is 0 Å². The van der Waals surface area contributed by atoms with Crippen LogP contribution in [0.3, 0.4) is 0 Å². The zero-order valence-electron chi connectivity index (χ0n) is 14.0. The first-order valence-electron chi connectivity index (χ1n) is 7.49. The third kappa shape index (κ3) is 4.00. The molecular formula is C17H24N2O3. The number of aryl methyl sites for hydroxylation is 1. The van der Waals surface area contributed by atoms with Crippen molar-refractivity contribution in [2.75, 3.05) is 20.2 Å². The number of rotatable bonds is 2. The second-order valence-corrected chi connectivity index (χ2v) is 6.39. The van der Waals surface area contributed by atoms with E-state index in [0.717, 1.165) is 17.7 Å². The van der Waals surface area contributed by atoms with Crippen LogP contribution in [0.4, 0.5) is 4.79 Å². The van der Waals surface area contributed by atoms with Crippen molar-refractivity contribution in [3.05, 3.63) is 29.5 Å². The monoisotopic (exact) mass is 304 g/mol. The molecule has 5 nitrogen and oxygen atoms in total. The van der Waals surface area contributed by atoms with Crippen LogP contribution >= 0.6 is 0 Å². The van der Waals surface area contributed by atoms with Crippen LogP contribution in [0.1, 0.15) is 38.4 Å². The number of amides is 1. The number of nitrogens with zero attached hydrogens (tertiary/aromatic N) is 2. The van der Waals surface area contributed by atoms with Crippen LogP contribution in [0.5, 0.6) is 5.88 Å². The Hall–Kier alpha value is -2.04. The van der Waals surface area contributed by atoms with Gasteiger partial charge in [0.1, 0.15) is 5.60 Å². The maximum atomic E-state index is 12.1. The lowest BCUT2D eigenvalue weighted by atomic mass is 9.98. The molecule has 0 fully saturated rings. The van der Waals surface area contributed by atoms with Crippen molar-refractivity contribution in [1.82, 2.24) is 9.88 Å². The molecule has 1 aliphatic heterocycles. The van der Waals surface area contributed by atoms with E-state index in [1.807, 2.05) is 39.8 Å². The molecule has 0 bridgehead atoms. The molecule has 2 heterocycles. The van der Waals surface area contributed by atoms with E-state index in [-0.39, 0.29) is 6.09 Å². The fraction of sp³-hybridized carbons (Fsp3) is 0.529. The van der Waals surface area contributed by atoms with Crippen LogP contribution in [0, 0.1) is 6.92 Å². The molecule has 2 rings (SSSR count). The Morgan fingerprint density at radius 3 is 2.55 bits per heavy atom. The van der Waals surface area contributed by atoms with Gasteiger partial charge in [-0.2, -0.15) is 0 Å². The first-order chi connectivity index (χ1) is 10.3. The highest BCUT2D eigenvalue weighted by atomic mass is 16.6. The minimum absolute atomic E-state index is 0.257. The summed E-state index contributed by atoms with van der Waals surface area (Å²) in [5.74, 6) is 0.619. The summed E-state index contributed by atoms with van der Waals surface area (Å²) in [5.41, 5.74) is 2.81. The molecule has 1 amide bonds. The smallest absolute Gasteiger partial charge is 0.410 e. The molecule has 0 aromatic carbocycles. The summed E-state index contributed by atoms with van der Waals surface area (Å²) in [4.78, 5) is 18.2. The maximum Gasteiger partial charge on any atom is 0.410 e. The standard InChI is InChI=1S/C17H24N2O3/c1-12-14(6-7-15(18-12)21-5)13-8-10-19(11-9-13)16(20)22-17(2,3)4/h6-8H,9-11H2,1-5H3. The Bertz CT molecular complexity index is 588. The molecule has 0 radical (unpaired) electrons. The molecule has 22 heavy (non-hydrogen) atoms. The Kier molecular flexibility index (Phi) is 4.74. The SMILES string of the molecule is COc1ccc(C2=CCN(C(=O)OC(C)(C)C)CC2)c(C)n1. The van der Waals surface area contributed by atoms with Crippen molar-refractivity contribution in [3.8, 4) is 5.88 Å². The second-order valence-electron chi connectivity index (χ2n) is 6.39. The highest BCUT2D eigenvalue weighted by molar-refractivity contribution is 5.73. The van der Waals surface area contributed by atoms with Gasteiger partial charge in [0.25, 0.3) is 0 Å². The Balaban J connectivity index is 2.07. The maximum absolute atomic E-state index is 12.1. The predicted molar refractivity (Wildman–Crippen MR) is 85.9 cm³/mol. The highest BCUT2D eigenvalue weighted by Gasteiger charge is 2.24. The van der Waals surface area contributed by atoms with Gasteiger partial charge in [-0.3, -0.25) is 0 Å². The largest absolute Gasteiger partial charge is 0.481 e. The third-order valence-corrected chi connectivity index (χ3v) is 3.48. The van der Waals surface area contributed by atoms with Gasteiger partial charge >= 0.3 is 6.09 Å². The Labute approximate surface area is 131 Å². The van der Waals surface area contributed by atoms with Gasteiger partial charge in [0.2, 0.25) is 5.88 Å². The van der Waals surface area contributed by atoms with Crippen LogP contribution in [-0.2, 0) is 4.74 Å². The number of hydrogen-bond donors (Lipinski definition) is 0. The summed E-state index contributed by atoms with van der Waals surface area (Å²) >= 11 is 0. The fourth-order valence-corrected chi connectivity index (χ4v) is 2.40. The van der Waals surface area contributed by atoms with Gasteiger partial charge in [0, 0.05) is 24.8 Å². The van der Waals surface area contributed by atoms with E-state index in [9.17, 15) is 4.79 Å². The summed E-state index contributed by atoms with van der Waals surface area (Å²) < 4.78 is 10.5. The molecule has 0 atom stereocenters. The van der Waals surface area contributed by atoms with Crippen molar-refractivity contribution in [2.45, 2.75) is 39.7 Å². The van der Waals surface area contributed by atoms with Gasteiger partial charge in [-0.25, -0.2) is 9.78 Å². The first-order valence-corrected chi connectivity index (χ1v) is 7.49. The minimum atomic E-state index is -0.461. The van der Waals surface area contributed by atoms with Crippen LogP contribution in [0.25, 0.3) is 5.57 Å². The average molecular weight is 304 g/mol. The lowest BCUT2D eigenvalue weighted by Crippen LogP contribution is -2.39. The van der Waals surface area contributed by atoms with Gasteiger partial charge < -0.3 is 14.4 Å². The molecule has 0 spiro atoms. The van der Waals surface area contributed by atoms with Gasteiger partial charge in [-0.1, -0.05) is 6.08 Å². The summed E-state index contributed by atoms with van der Waals surface area (Å²) in [6, 6.07) is 3.89. The third-order valence-electron chi connectivity index (χ3n) is 3.48. The minimum Gasteiger partial charge on any atom is -0.481 e.